The predicted octanol–water partition coefficient (Wildman–Crippen LogP) is 3.10. The van der Waals surface area contributed by atoms with E-state index in [0.717, 1.165) is 11.3 Å². The molecular weight excluding hydrogens is 540 g/mol. The molecule has 208 valence electrons. The summed E-state index contributed by atoms with van der Waals surface area (Å²) in [6, 6.07) is 8.10. The van der Waals surface area contributed by atoms with Crippen LogP contribution in [0.3, 0.4) is 0 Å². The SMILES string of the molecule is Cc1csc(S(=O)(=O)C2(c3cc(N4CCOC[C@@H]4C)nc(-c4ccc(NC(=O)N[C@H](C)CO)cc4)n3)CC2)n1. The van der Waals surface area contributed by atoms with E-state index in [1.807, 2.05) is 6.92 Å². The monoisotopic (exact) mass is 572 g/mol. The Bertz CT molecular complexity index is 1460. The van der Waals surface area contributed by atoms with Gasteiger partial charge in [-0.1, -0.05) is 0 Å². The number of aliphatic hydroxyl groups is 1. The molecule has 11 nitrogen and oxygen atoms in total. The molecule has 1 aliphatic heterocycles. The van der Waals surface area contributed by atoms with Crippen LogP contribution in [0.5, 0.6) is 0 Å². The van der Waals surface area contributed by atoms with Crippen LogP contribution in [0.2, 0.25) is 0 Å². The van der Waals surface area contributed by atoms with Gasteiger partial charge in [0, 0.05) is 34.9 Å². The van der Waals surface area contributed by atoms with Crippen LogP contribution in [0.1, 0.15) is 38.1 Å². The van der Waals surface area contributed by atoms with Gasteiger partial charge in [0.1, 0.15) is 10.6 Å². The van der Waals surface area contributed by atoms with Crippen LogP contribution in [0.25, 0.3) is 11.4 Å². The van der Waals surface area contributed by atoms with E-state index in [-0.39, 0.29) is 23.0 Å². The summed E-state index contributed by atoms with van der Waals surface area (Å²) >= 11 is 1.14. The summed E-state index contributed by atoms with van der Waals surface area (Å²) in [7, 11) is -3.75. The van der Waals surface area contributed by atoms with E-state index in [2.05, 4.69) is 20.5 Å². The molecule has 1 aromatic carbocycles. The minimum atomic E-state index is -3.75. The first kappa shape index (κ1) is 27.4. The maximum Gasteiger partial charge on any atom is 0.319 e. The van der Waals surface area contributed by atoms with Crippen LogP contribution < -0.4 is 15.5 Å². The van der Waals surface area contributed by atoms with Gasteiger partial charge < -0.3 is 25.4 Å². The van der Waals surface area contributed by atoms with Gasteiger partial charge in [-0.3, -0.25) is 0 Å². The first-order chi connectivity index (χ1) is 18.6. The van der Waals surface area contributed by atoms with E-state index in [0.29, 0.717) is 66.9 Å². The van der Waals surface area contributed by atoms with Crippen molar-refractivity contribution in [2.45, 2.75) is 54.8 Å². The topological polar surface area (TPSA) is 147 Å². The molecule has 2 aliphatic rings. The third-order valence-electron chi connectivity index (χ3n) is 6.94. The molecule has 5 rings (SSSR count). The quantitative estimate of drug-likeness (QED) is 0.370. The molecule has 3 aromatic rings. The number of sulfone groups is 1. The van der Waals surface area contributed by atoms with Gasteiger partial charge >= 0.3 is 6.03 Å². The fourth-order valence-electron chi connectivity index (χ4n) is 4.55. The van der Waals surface area contributed by atoms with Gasteiger partial charge in [0.15, 0.2) is 5.82 Å². The van der Waals surface area contributed by atoms with E-state index in [1.54, 1.807) is 49.6 Å². The van der Waals surface area contributed by atoms with E-state index in [9.17, 15) is 13.2 Å². The van der Waals surface area contributed by atoms with Crippen molar-refractivity contribution in [2.75, 3.05) is 36.6 Å². The number of morpholine rings is 1. The van der Waals surface area contributed by atoms with Crippen molar-refractivity contribution in [3.05, 3.63) is 47.1 Å². The molecule has 2 fully saturated rings. The number of thiazole rings is 1. The number of rotatable bonds is 8. The molecule has 3 N–H and O–H groups in total. The summed E-state index contributed by atoms with van der Waals surface area (Å²) in [6.45, 7) is 7.10. The lowest BCUT2D eigenvalue weighted by Gasteiger charge is -2.34. The number of nitrogens with one attached hydrogen (secondary N) is 2. The van der Waals surface area contributed by atoms with Gasteiger partial charge in [-0.05, 0) is 57.9 Å². The van der Waals surface area contributed by atoms with Crippen LogP contribution in [-0.2, 0) is 19.3 Å². The molecule has 2 atom stereocenters. The number of hydrogen-bond donors (Lipinski definition) is 3. The van der Waals surface area contributed by atoms with Gasteiger partial charge in [-0.15, -0.1) is 11.3 Å². The van der Waals surface area contributed by atoms with Gasteiger partial charge in [0.2, 0.25) is 14.2 Å². The Morgan fingerprint density at radius 1 is 1.26 bits per heavy atom. The molecule has 1 aliphatic carbocycles. The molecule has 2 amide bonds. The number of hydrogen-bond acceptors (Lipinski definition) is 10. The second-order valence-corrected chi connectivity index (χ2v) is 13.4. The maximum atomic E-state index is 13.8. The van der Waals surface area contributed by atoms with Crippen molar-refractivity contribution in [3.8, 4) is 11.4 Å². The lowest BCUT2D eigenvalue weighted by Crippen LogP contribution is -2.44. The van der Waals surface area contributed by atoms with E-state index >= 15 is 0 Å². The lowest BCUT2D eigenvalue weighted by molar-refractivity contribution is 0.0985. The van der Waals surface area contributed by atoms with Gasteiger partial charge in [0.05, 0.1) is 37.6 Å². The minimum absolute atomic E-state index is 0.0640. The summed E-state index contributed by atoms with van der Waals surface area (Å²) in [5, 5.41) is 16.2. The number of carbonyl (C=O) groups excluding carboxylic acids is 1. The Kier molecular flexibility index (Phi) is 7.60. The zero-order valence-electron chi connectivity index (χ0n) is 22.0. The van der Waals surface area contributed by atoms with Crippen molar-refractivity contribution < 1.29 is 23.1 Å². The molecule has 39 heavy (non-hydrogen) atoms. The average Bonchev–Trinajstić information content (AvgIpc) is 3.64. The Morgan fingerprint density at radius 3 is 2.62 bits per heavy atom. The number of carbonyl (C=O) groups is 1. The maximum absolute atomic E-state index is 13.8. The van der Waals surface area contributed by atoms with Gasteiger partial charge in [-0.25, -0.2) is 28.2 Å². The molecule has 0 spiro atoms. The predicted molar refractivity (Wildman–Crippen MR) is 149 cm³/mol. The summed E-state index contributed by atoms with van der Waals surface area (Å²) < 4.78 is 32.1. The third-order valence-corrected chi connectivity index (χ3v) is 10.8. The van der Waals surface area contributed by atoms with Crippen molar-refractivity contribution in [3.63, 3.8) is 0 Å². The molecule has 1 saturated carbocycles. The third kappa shape index (κ3) is 5.49. The molecule has 0 radical (unpaired) electrons. The fraction of sp³-hybridized carbons (Fsp3) is 0.462. The number of urea groups is 1. The molecule has 3 heterocycles. The highest BCUT2D eigenvalue weighted by atomic mass is 32.2. The Balaban J connectivity index is 1.51. The second-order valence-electron chi connectivity index (χ2n) is 10.1. The largest absolute Gasteiger partial charge is 0.394 e. The summed E-state index contributed by atoms with van der Waals surface area (Å²) in [5.74, 6) is 1.06. The highest BCUT2D eigenvalue weighted by Gasteiger charge is 2.59. The lowest BCUT2D eigenvalue weighted by atomic mass is 10.1. The van der Waals surface area contributed by atoms with Crippen LogP contribution >= 0.6 is 11.3 Å². The normalized spacial score (nSPS) is 19.4. The van der Waals surface area contributed by atoms with Crippen LogP contribution in [0, 0.1) is 6.92 Å². The highest BCUT2D eigenvalue weighted by Crippen LogP contribution is 2.55. The number of amides is 2. The molecule has 0 unspecified atom stereocenters. The molecule has 2 aromatic heterocycles. The standard InChI is InChI=1S/C26H32N6O5S2/c1-16(13-33)27-24(34)29-20-6-4-19(5-7-20)23-30-21(12-22(31-23)32-10-11-37-14-18(32)3)26(8-9-26)39(35,36)25-28-17(2)15-38-25/h4-7,12,15-16,18,33H,8-11,13-14H2,1-3H3,(H2,27,29,34)/t16-,18+/m1/s1. The number of aromatic nitrogens is 3. The van der Waals surface area contributed by atoms with E-state index in [1.165, 1.54) is 0 Å². The van der Waals surface area contributed by atoms with Crippen LogP contribution in [-0.4, -0.2) is 73.0 Å². The van der Waals surface area contributed by atoms with E-state index < -0.39 is 20.6 Å². The van der Waals surface area contributed by atoms with Crippen molar-refractivity contribution in [1.29, 1.82) is 0 Å². The summed E-state index contributed by atoms with van der Waals surface area (Å²) in [5.41, 5.74) is 2.38. The number of ether oxygens (including phenoxy) is 1. The van der Waals surface area contributed by atoms with Crippen molar-refractivity contribution >= 4 is 38.7 Å². The first-order valence-electron chi connectivity index (χ1n) is 12.8. The van der Waals surface area contributed by atoms with Crippen LogP contribution in [0.15, 0.2) is 40.1 Å². The number of benzene rings is 1. The summed E-state index contributed by atoms with van der Waals surface area (Å²) in [4.78, 5) is 28.2. The first-order valence-corrected chi connectivity index (χ1v) is 15.2. The Morgan fingerprint density at radius 2 is 2.00 bits per heavy atom. The Hall–Kier alpha value is -3.13. The minimum Gasteiger partial charge on any atom is -0.394 e. The number of nitrogens with zero attached hydrogens (tertiary/aromatic N) is 4. The number of anilines is 2. The molecule has 13 heteroatoms. The molecule has 1 saturated heterocycles. The zero-order chi connectivity index (χ0) is 27.8. The van der Waals surface area contributed by atoms with Gasteiger partial charge in [-0.2, -0.15) is 0 Å². The second kappa shape index (κ2) is 10.8. The molecular formula is C26H32N6O5S2. The average molecular weight is 573 g/mol. The summed E-state index contributed by atoms with van der Waals surface area (Å²) in [6.07, 6.45) is 0.930. The van der Waals surface area contributed by atoms with Crippen LogP contribution in [0.4, 0.5) is 16.3 Å². The van der Waals surface area contributed by atoms with Gasteiger partial charge in [0.25, 0.3) is 0 Å². The fourth-order valence-corrected chi connectivity index (χ4v) is 7.82. The van der Waals surface area contributed by atoms with Crippen molar-refractivity contribution in [1.82, 2.24) is 20.3 Å². The van der Waals surface area contributed by atoms with Crippen molar-refractivity contribution in [2.24, 2.45) is 0 Å². The number of aliphatic hydroxyl groups excluding tert-OH is 1. The number of aryl methyl sites for hydroxylation is 1. The highest BCUT2D eigenvalue weighted by molar-refractivity contribution is 7.94. The zero-order valence-corrected chi connectivity index (χ0v) is 23.7. The Labute approximate surface area is 231 Å². The smallest absolute Gasteiger partial charge is 0.319 e. The molecule has 0 bridgehead atoms. The van der Waals surface area contributed by atoms with E-state index in [4.69, 9.17) is 19.8 Å².